The van der Waals surface area contributed by atoms with E-state index in [1.807, 2.05) is 35.2 Å². The first kappa shape index (κ1) is 17.2. The minimum Gasteiger partial charge on any atom is -0.332 e. The molecule has 4 heteroatoms. The van der Waals surface area contributed by atoms with E-state index in [2.05, 4.69) is 48.5 Å². The SMILES string of the molecule is O=S(=O)=C1CCCCN1c1ccccc1.c1ccc2ccccc2c1. The molecule has 25 heavy (non-hydrogen) atoms. The van der Waals surface area contributed by atoms with Gasteiger partial charge in [0.2, 0.25) is 10.3 Å². The Bertz CT molecular complexity index is 892. The van der Waals surface area contributed by atoms with E-state index in [0.29, 0.717) is 11.4 Å². The van der Waals surface area contributed by atoms with Gasteiger partial charge in [0.05, 0.1) is 0 Å². The van der Waals surface area contributed by atoms with Crippen molar-refractivity contribution in [3.8, 4) is 0 Å². The van der Waals surface area contributed by atoms with E-state index >= 15 is 0 Å². The van der Waals surface area contributed by atoms with Crippen LogP contribution in [0.2, 0.25) is 0 Å². The van der Waals surface area contributed by atoms with Gasteiger partial charge in [0.1, 0.15) is 4.99 Å². The summed E-state index contributed by atoms with van der Waals surface area (Å²) >= 11 is 0. The number of anilines is 1. The summed E-state index contributed by atoms with van der Waals surface area (Å²) in [4.78, 5) is 2.42. The highest BCUT2D eigenvalue weighted by Crippen LogP contribution is 2.20. The molecule has 0 atom stereocenters. The first-order valence-electron chi connectivity index (χ1n) is 8.47. The van der Waals surface area contributed by atoms with Gasteiger partial charge in [-0.05, 0) is 35.7 Å². The second-order valence-corrected chi connectivity index (χ2v) is 6.86. The molecule has 0 unspecified atom stereocenters. The lowest BCUT2D eigenvalue weighted by Crippen LogP contribution is -2.35. The van der Waals surface area contributed by atoms with Crippen LogP contribution in [0.5, 0.6) is 0 Å². The maximum atomic E-state index is 11.1. The molecule has 1 heterocycles. The summed E-state index contributed by atoms with van der Waals surface area (Å²) in [5, 5.41) is 2.62. The highest BCUT2D eigenvalue weighted by atomic mass is 32.2. The van der Waals surface area contributed by atoms with Gasteiger partial charge < -0.3 is 4.90 Å². The number of fused-ring (bicyclic) bond motifs is 1. The van der Waals surface area contributed by atoms with Crippen molar-refractivity contribution >= 4 is 31.7 Å². The van der Waals surface area contributed by atoms with Crippen LogP contribution in [0.3, 0.4) is 0 Å². The smallest absolute Gasteiger partial charge is 0.234 e. The van der Waals surface area contributed by atoms with E-state index < -0.39 is 10.3 Å². The molecular weight excluding hydrogens is 330 g/mol. The van der Waals surface area contributed by atoms with Crippen LogP contribution in [0.1, 0.15) is 19.3 Å². The fraction of sp³-hybridized carbons (Fsp3) is 0.190. The zero-order valence-electron chi connectivity index (χ0n) is 14.0. The normalized spacial score (nSPS) is 13.9. The van der Waals surface area contributed by atoms with E-state index in [1.54, 1.807) is 0 Å². The Morgan fingerprint density at radius 3 is 1.72 bits per heavy atom. The summed E-state index contributed by atoms with van der Waals surface area (Å²) < 4.78 is 22.1. The third-order valence-electron chi connectivity index (χ3n) is 4.24. The van der Waals surface area contributed by atoms with Crippen LogP contribution in [0.4, 0.5) is 5.69 Å². The van der Waals surface area contributed by atoms with Crippen molar-refractivity contribution in [2.75, 3.05) is 11.4 Å². The van der Waals surface area contributed by atoms with Gasteiger partial charge in [-0.15, -0.1) is 0 Å². The van der Waals surface area contributed by atoms with Crippen molar-refractivity contribution in [3.63, 3.8) is 0 Å². The van der Waals surface area contributed by atoms with E-state index in [0.717, 1.165) is 25.1 Å². The summed E-state index contributed by atoms with van der Waals surface area (Å²) in [5.74, 6) is 0. The molecule has 128 valence electrons. The molecule has 4 rings (SSSR count). The fourth-order valence-electron chi connectivity index (χ4n) is 2.99. The van der Waals surface area contributed by atoms with Crippen molar-refractivity contribution in [3.05, 3.63) is 78.9 Å². The molecule has 3 aromatic rings. The molecule has 1 aliphatic rings. The largest absolute Gasteiger partial charge is 0.332 e. The van der Waals surface area contributed by atoms with Crippen molar-refractivity contribution in [2.45, 2.75) is 19.3 Å². The van der Waals surface area contributed by atoms with Crippen LogP contribution in [-0.2, 0) is 10.3 Å². The lowest BCUT2D eigenvalue weighted by molar-refractivity contribution is 0.624. The Hall–Kier alpha value is -2.59. The number of nitrogens with zero attached hydrogens (tertiary/aromatic N) is 1. The van der Waals surface area contributed by atoms with E-state index in [-0.39, 0.29) is 0 Å². The molecule has 1 aliphatic heterocycles. The Morgan fingerprint density at radius 1 is 0.680 bits per heavy atom. The first-order valence-corrected chi connectivity index (χ1v) is 9.54. The molecule has 3 aromatic carbocycles. The molecular formula is C21H21NO2S. The predicted octanol–water partition coefficient (Wildman–Crippen LogP) is 4.53. The maximum absolute atomic E-state index is 11.1. The van der Waals surface area contributed by atoms with Crippen LogP contribution in [0.25, 0.3) is 10.8 Å². The monoisotopic (exact) mass is 351 g/mol. The second-order valence-electron chi connectivity index (χ2n) is 5.92. The zero-order valence-corrected chi connectivity index (χ0v) is 14.8. The molecule has 0 saturated carbocycles. The van der Waals surface area contributed by atoms with Crippen LogP contribution in [0, 0.1) is 0 Å². The lowest BCUT2D eigenvalue weighted by atomic mass is 10.1. The molecule has 0 bridgehead atoms. The molecule has 3 nitrogen and oxygen atoms in total. The number of para-hydroxylation sites is 1. The number of hydrogen-bond donors (Lipinski definition) is 0. The highest BCUT2D eigenvalue weighted by Gasteiger charge is 2.18. The van der Waals surface area contributed by atoms with Gasteiger partial charge in [0.25, 0.3) is 0 Å². The van der Waals surface area contributed by atoms with Crippen molar-refractivity contribution < 1.29 is 8.42 Å². The highest BCUT2D eigenvalue weighted by molar-refractivity contribution is 7.73. The summed E-state index contributed by atoms with van der Waals surface area (Å²) in [6.07, 6.45) is 2.67. The predicted molar refractivity (Wildman–Crippen MR) is 106 cm³/mol. The van der Waals surface area contributed by atoms with Gasteiger partial charge in [-0.1, -0.05) is 66.7 Å². The van der Waals surface area contributed by atoms with E-state index in [1.165, 1.54) is 10.8 Å². The zero-order chi connectivity index (χ0) is 17.5. The van der Waals surface area contributed by atoms with Crippen molar-refractivity contribution in [1.82, 2.24) is 0 Å². The lowest BCUT2D eigenvalue weighted by Gasteiger charge is -2.28. The van der Waals surface area contributed by atoms with Gasteiger partial charge in [-0.3, -0.25) is 0 Å². The standard InChI is InChI=1S/C11H13NO2S.C10H8/c13-15(14)11-8-4-5-9-12(11)10-6-2-1-3-7-10;1-2-6-10-8-4-3-7-9(10)5-1/h1-3,6-7H,4-5,8-9H2;1-8H. The Kier molecular flexibility index (Phi) is 5.86. The number of hydrogen-bond acceptors (Lipinski definition) is 2. The molecule has 1 saturated heterocycles. The summed E-state index contributed by atoms with van der Waals surface area (Å²) in [6.45, 7) is 0.799. The first-order chi connectivity index (χ1) is 12.3. The van der Waals surface area contributed by atoms with E-state index in [9.17, 15) is 8.42 Å². The van der Waals surface area contributed by atoms with Crippen LogP contribution >= 0.6 is 0 Å². The summed E-state index contributed by atoms with van der Waals surface area (Å²) in [7, 11) is -2.09. The number of rotatable bonds is 1. The quantitative estimate of drug-likeness (QED) is 0.605. The van der Waals surface area contributed by atoms with Gasteiger partial charge in [-0.2, -0.15) is 8.42 Å². The fourth-order valence-corrected chi connectivity index (χ4v) is 3.68. The minimum atomic E-state index is -2.09. The molecule has 0 radical (unpaired) electrons. The molecule has 0 amide bonds. The van der Waals surface area contributed by atoms with Gasteiger partial charge in [-0.25, -0.2) is 0 Å². The average Bonchev–Trinajstić information content (AvgIpc) is 2.69. The third kappa shape index (κ3) is 4.48. The number of benzene rings is 3. The topological polar surface area (TPSA) is 37.4 Å². The number of piperidine rings is 1. The van der Waals surface area contributed by atoms with Gasteiger partial charge >= 0.3 is 0 Å². The Balaban J connectivity index is 0.000000157. The van der Waals surface area contributed by atoms with Crippen molar-refractivity contribution in [1.29, 1.82) is 0 Å². The maximum Gasteiger partial charge on any atom is 0.234 e. The van der Waals surface area contributed by atoms with Crippen LogP contribution in [-0.4, -0.2) is 20.0 Å². The molecule has 0 aromatic heterocycles. The Labute approximate surface area is 150 Å². The van der Waals surface area contributed by atoms with Crippen LogP contribution in [0.15, 0.2) is 78.9 Å². The van der Waals surface area contributed by atoms with Gasteiger partial charge in [0.15, 0.2) is 0 Å². The minimum absolute atomic E-state index is 0.521. The second kappa shape index (κ2) is 8.49. The average molecular weight is 351 g/mol. The van der Waals surface area contributed by atoms with Gasteiger partial charge in [0, 0.05) is 18.7 Å². The summed E-state index contributed by atoms with van der Waals surface area (Å²) in [6, 6.07) is 26.4. The molecule has 0 aliphatic carbocycles. The Morgan fingerprint density at radius 2 is 1.20 bits per heavy atom. The van der Waals surface area contributed by atoms with Crippen LogP contribution < -0.4 is 4.90 Å². The third-order valence-corrected chi connectivity index (χ3v) is 5.05. The summed E-state index contributed by atoms with van der Waals surface area (Å²) in [5.41, 5.74) is 0.969. The molecule has 1 fully saturated rings. The molecule has 0 spiro atoms. The van der Waals surface area contributed by atoms with Crippen molar-refractivity contribution in [2.24, 2.45) is 0 Å². The molecule has 0 N–H and O–H groups in total. The van der Waals surface area contributed by atoms with E-state index in [4.69, 9.17) is 0 Å².